The second-order valence-corrected chi connectivity index (χ2v) is 5.51. The van der Waals surface area contributed by atoms with Gasteiger partial charge < -0.3 is 23.5 Å². The summed E-state index contributed by atoms with van der Waals surface area (Å²) in [5.74, 6) is -0.568. The van der Waals surface area contributed by atoms with Gasteiger partial charge in [0.2, 0.25) is 5.75 Å². The van der Waals surface area contributed by atoms with Crippen LogP contribution in [0.3, 0.4) is 0 Å². The molecular formula is C12H16NNaO9S. The number of ether oxygens (including phenoxy) is 4. The van der Waals surface area contributed by atoms with Crippen molar-refractivity contribution in [2.24, 2.45) is 0 Å². The zero-order chi connectivity index (χ0) is 17.5. The molecule has 1 aromatic rings. The molecule has 1 rings (SSSR count). The van der Waals surface area contributed by atoms with E-state index in [1.54, 1.807) is 0 Å². The van der Waals surface area contributed by atoms with Gasteiger partial charge in [-0.3, -0.25) is 10.1 Å². The molecule has 10 nitrogen and oxygen atoms in total. The minimum absolute atomic E-state index is 0. The molecule has 0 N–H and O–H groups in total. The zero-order valence-corrected chi connectivity index (χ0v) is 16.3. The topological polar surface area (TPSA) is 137 Å². The second kappa shape index (κ2) is 10.8. The summed E-state index contributed by atoms with van der Waals surface area (Å²) in [7, 11) is -2.14. The van der Waals surface area contributed by atoms with Gasteiger partial charge in [0, 0.05) is 26.4 Å². The molecule has 0 bridgehead atoms. The van der Waals surface area contributed by atoms with E-state index in [-0.39, 0.29) is 67.5 Å². The molecule has 0 aliphatic carbocycles. The summed E-state index contributed by atoms with van der Waals surface area (Å²) in [6.45, 7) is 0.250. The Kier molecular flexibility index (Phi) is 10.4. The average molecular weight is 373 g/mol. The molecule has 0 fully saturated rings. The van der Waals surface area contributed by atoms with Crippen molar-refractivity contribution in [3.8, 4) is 11.5 Å². The van der Waals surface area contributed by atoms with Gasteiger partial charge in [0.25, 0.3) is 0 Å². The Balaban J connectivity index is 0.00000529. The van der Waals surface area contributed by atoms with Crippen molar-refractivity contribution in [1.29, 1.82) is 0 Å². The van der Waals surface area contributed by atoms with Gasteiger partial charge in [0.05, 0.1) is 18.1 Å². The number of nitrogens with zero attached hydrogens (tertiary/aromatic N) is 1. The minimum atomic E-state index is -4.97. The van der Waals surface area contributed by atoms with Gasteiger partial charge in [-0.25, -0.2) is 8.42 Å². The van der Waals surface area contributed by atoms with Crippen molar-refractivity contribution < 1.29 is 66.4 Å². The van der Waals surface area contributed by atoms with Gasteiger partial charge in [-0.1, -0.05) is 0 Å². The molecule has 12 heteroatoms. The summed E-state index contributed by atoms with van der Waals surface area (Å²) in [5, 5.41) is 11.0. The van der Waals surface area contributed by atoms with E-state index in [2.05, 4.69) is 0 Å². The third kappa shape index (κ3) is 6.89. The first-order valence-corrected chi connectivity index (χ1v) is 7.74. The Labute approximate surface area is 161 Å². The predicted molar refractivity (Wildman–Crippen MR) is 75.8 cm³/mol. The van der Waals surface area contributed by atoms with Crippen molar-refractivity contribution in [3.63, 3.8) is 0 Å². The number of hydrogen-bond acceptors (Lipinski definition) is 9. The third-order valence-corrected chi connectivity index (χ3v) is 3.44. The van der Waals surface area contributed by atoms with E-state index in [0.29, 0.717) is 6.07 Å². The fourth-order valence-corrected chi connectivity index (χ4v) is 2.19. The maximum atomic E-state index is 11.3. The molecule has 0 amide bonds. The van der Waals surface area contributed by atoms with Crippen molar-refractivity contribution in [1.82, 2.24) is 0 Å². The van der Waals surface area contributed by atoms with Crippen LogP contribution in [-0.4, -0.2) is 58.5 Å². The Morgan fingerprint density at radius 1 is 1.00 bits per heavy atom. The van der Waals surface area contributed by atoms with Crippen LogP contribution < -0.4 is 39.0 Å². The summed E-state index contributed by atoms with van der Waals surface area (Å²) in [6.07, 6.45) is 0. The fraction of sp³-hybridized carbons (Fsp3) is 0.500. The van der Waals surface area contributed by atoms with Crippen molar-refractivity contribution in [2.45, 2.75) is 4.90 Å². The van der Waals surface area contributed by atoms with Crippen LogP contribution in [0.5, 0.6) is 11.5 Å². The average Bonchev–Trinajstić information content (AvgIpc) is 2.46. The van der Waals surface area contributed by atoms with E-state index >= 15 is 0 Å². The standard InChI is InChI=1S/C12H17NO9S.Na/c1-19-3-5-21-10-8-11(22-6-4-20-2)12(23(16,17)18)7-9(10)13(14)15;/h7-8H,3-6H2,1-2H3,(H,16,17,18);/q;+1/p-1. The van der Waals surface area contributed by atoms with Gasteiger partial charge in [0.1, 0.15) is 34.0 Å². The van der Waals surface area contributed by atoms with E-state index in [0.717, 1.165) is 6.07 Å². The monoisotopic (exact) mass is 373 g/mol. The normalized spacial score (nSPS) is 10.8. The van der Waals surface area contributed by atoms with Crippen LogP contribution in [-0.2, 0) is 19.6 Å². The van der Waals surface area contributed by atoms with Crippen LogP contribution in [0, 0.1) is 10.1 Å². The molecule has 0 aromatic heterocycles. The van der Waals surface area contributed by atoms with Crippen LogP contribution >= 0.6 is 0 Å². The maximum Gasteiger partial charge on any atom is 1.00 e. The van der Waals surface area contributed by atoms with Gasteiger partial charge in [-0.2, -0.15) is 0 Å². The molecule has 0 unspecified atom stereocenters. The van der Waals surface area contributed by atoms with Crippen LogP contribution in [0.4, 0.5) is 5.69 Å². The molecule has 0 aliphatic heterocycles. The zero-order valence-electron chi connectivity index (χ0n) is 13.5. The SMILES string of the molecule is COCCOc1cc(OCCOC)c(S(=O)(=O)[O-])cc1[N+](=O)[O-].[Na+]. The first-order chi connectivity index (χ1) is 10.8. The van der Waals surface area contributed by atoms with Gasteiger partial charge in [-0.15, -0.1) is 0 Å². The van der Waals surface area contributed by atoms with E-state index in [9.17, 15) is 23.1 Å². The minimum Gasteiger partial charge on any atom is -0.744 e. The van der Waals surface area contributed by atoms with Crippen LogP contribution in [0.25, 0.3) is 0 Å². The summed E-state index contributed by atoms with van der Waals surface area (Å²) >= 11 is 0. The van der Waals surface area contributed by atoms with Crippen molar-refractivity contribution in [2.75, 3.05) is 40.6 Å². The molecule has 1 aromatic carbocycles. The molecule has 0 spiro atoms. The van der Waals surface area contributed by atoms with Gasteiger partial charge in [-0.05, 0) is 0 Å². The Hall–Kier alpha value is -0.950. The van der Waals surface area contributed by atoms with E-state index < -0.39 is 25.6 Å². The molecule has 0 heterocycles. The number of benzene rings is 1. The number of hydrogen-bond donors (Lipinski definition) is 0. The first-order valence-electron chi connectivity index (χ1n) is 6.33. The van der Waals surface area contributed by atoms with Gasteiger partial charge in [0.15, 0.2) is 0 Å². The Bertz CT molecular complexity index is 650. The van der Waals surface area contributed by atoms with Gasteiger partial charge >= 0.3 is 35.2 Å². The number of nitro benzene ring substituents is 1. The summed E-state index contributed by atoms with van der Waals surface area (Å²) in [5.41, 5.74) is -0.658. The van der Waals surface area contributed by atoms with Crippen molar-refractivity contribution >= 4 is 15.8 Å². The number of nitro groups is 1. The molecule has 0 saturated carbocycles. The quantitative estimate of drug-likeness (QED) is 0.144. The Morgan fingerprint density at radius 3 is 1.92 bits per heavy atom. The van der Waals surface area contributed by atoms with Crippen LogP contribution in [0.1, 0.15) is 0 Å². The summed E-state index contributed by atoms with van der Waals surface area (Å²) in [6, 6.07) is 1.61. The molecule has 0 aliphatic rings. The maximum absolute atomic E-state index is 11.3. The van der Waals surface area contributed by atoms with Crippen molar-refractivity contribution in [3.05, 3.63) is 22.2 Å². The fourth-order valence-electron chi connectivity index (χ4n) is 1.57. The van der Waals surface area contributed by atoms with Crippen LogP contribution in [0.15, 0.2) is 17.0 Å². The molecule has 24 heavy (non-hydrogen) atoms. The first kappa shape index (κ1) is 23.1. The predicted octanol–water partition coefficient (Wildman–Crippen LogP) is -2.45. The largest absolute Gasteiger partial charge is 1.00 e. The number of methoxy groups -OCH3 is 2. The summed E-state index contributed by atoms with van der Waals surface area (Å²) in [4.78, 5) is 9.36. The smallest absolute Gasteiger partial charge is 0.744 e. The van der Waals surface area contributed by atoms with E-state index in [4.69, 9.17) is 18.9 Å². The van der Waals surface area contributed by atoms with E-state index in [1.165, 1.54) is 14.2 Å². The Morgan fingerprint density at radius 2 is 1.50 bits per heavy atom. The molecular weight excluding hydrogens is 357 g/mol. The molecule has 0 saturated heterocycles. The third-order valence-electron chi connectivity index (χ3n) is 2.58. The number of rotatable bonds is 10. The molecule has 0 atom stereocenters. The van der Waals surface area contributed by atoms with E-state index in [1.807, 2.05) is 0 Å². The van der Waals surface area contributed by atoms with Crippen LogP contribution in [0.2, 0.25) is 0 Å². The summed E-state index contributed by atoms with van der Waals surface area (Å²) < 4.78 is 53.7. The molecule has 130 valence electrons. The molecule has 0 radical (unpaired) electrons. The second-order valence-electron chi connectivity index (χ2n) is 4.16.